The van der Waals surface area contributed by atoms with Crippen molar-refractivity contribution >= 4 is 30.6 Å². The van der Waals surface area contributed by atoms with Crippen LogP contribution in [0.5, 0.6) is 5.75 Å². The van der Waals surface area contributed by atoms with Gasteiger partial charge in [0.2, 0.25) is 0 Å². The number of nitrogens with zero attached hydrogens (tertiary/aromatic N) is 1. The Hall–Kier alpha value is -2.32. The Bertz CT molecular complexity index is 1080. The van der Waals surface area contributed by atoms with Gasteiger partial charge in [-0.05, 0) is 30.3 Å². The molecule has 0 aliphatic heterocycles. The fourth-order valence-corrected chi connectivity index (χ4v) is 3.25. The first-order valence-electron chi connectivity index (χ1n) is 7.21. The first-order valence-corrected chi connectivity index (χ1v) is 9.51. The molecule has 0 aliphatic rings. The maximum atomic E-state index is 12.7. The topological polar surface area (TPSA) is 56.3 Å². The largest absolute Gasteiger partial charge is 0.496 e. The number of aromatic nitrogens is 1. The van der Waals surface area contributed by atoms with E-state index in [-0.39, 0.29) is 4.90 Å². The van der Waals surface area contributed by atoms with E-state index in [1.54, 1.807) is 6.07 Å². The zero-order chi connectivity index (χ0) is 19.1. The molecular formula is C17H11ClF3NO3S. The number of ether oxygens (including phenoxy) is 1. The summed E-state index contributed by atoms with van der Waals surface area (Å²) in [6.07, 6.45) is -4.43. The molecule has 0 amide bonds. The van der Waals surface area contributed by atoms with E-state index in [1.807, 2.05) is 0 Å². The van der Waals surface area contributed by atoms with Crippen molar-refractivity contribution in [3.63, 3.8) is 0 Å². The minimum Gasteiger partial charge on any atom is -0.496 e. The summed E-state index contributed by atoms with van der Waals surface area (Å²) >= 11 is 0. The van der Waals surface area contributed by atoms with Gasteiger partial charge in [-0.1, -0.05) is 12.1 Å². The maximum absolute atomic E-state index is 12.7. The molecule has 1 heterocycles. The highest BCUT2D eigenvalue weighted by Crippen LogP contribution is 2.34. The van der Waals surface area contributed by atoms with Crippen LogP contribution < -0.4 is 4.74 Å². The van der Waals surface area contributed by atoms with Crippen LogP contribution in [0.4, 0.5) is 13.2 Å². The number of alkyl halides is 3. The zero-order valence-electron chi connectivity index (χ0n) is 13.2. The minimum atomic E-state index is -4.43. The van der Waals surface area contributed by atoms with Crippen LogP contribution in [0.2, 0.25) is 0 Å². The van der Waals surface area contributed by atoms with E-state index in [4.69, 9.17) is 15.4 Å². The highest BCUT2D eigenvalue weighted by molar-refractivity contribution is 8.13. The fourth-order valence-electron chi connectivity index (χ4n) is 2.47. The van der Waals surface area contributed by atoms with Crippen LogP contribution in [-0.4, -0.2) is 20.5 Å². The molecule has 9 heteroatoms. The first kappa shape index (κ1) is 18.5. The summed E-state index contributed by atoms with van der Waals surface area (Å²) in [7, 11) is 2.84. The molecule has 0 aliphatic carbocycles. The van der Waals surface area contributed by atoms with E-state index >= 15 is 0 Å². The first-order chi connectivity index (χ1) is 12.1. The predicted molar refractivity (Wildman–Crippen MR) is 91.8 cm³/mol. The Kier molecular flexibility index (Phi) is 4.58. The summed E-state index contributed by atoms with van der Waals surface area (Å²) in [6, 6.07) is 10.2. The van der Waals surface area contributed by atoms with Crippen molar-refractivity contribution < 1.29 is 26.3 Å². The van der Waals surface area contributed by atoms with E-state index in [1.165, 1.54) is 37.4 Å². The Balaban J connectivity index is 2.17. The van der Waals surface area contributed by atoms with Gasteiger partial charge in [0, 0.05) is 27.7 Å². The quantitative estimate of drug-likeness (QED) is 0.588. The van der Waals surface area contributed by atoms with Gasteiger partial charge in [-0.15, -0.1) is 0 Å². The molecule has 3 aromatic rings. The van der Waals surface area contributed by atoms with Gasteiger partial charge < -0.3 is 4.74 Å². The summed E-state index contributed by atoms with van der Waals surface area (Å²) in [5, 5.41) is 0.548. The van der Waals surface area contributed by atoms with Crippen molar-refractivity contribution in [2.24, 2.45) is 0 Å². The third-order valence-electron chi connectivity index (χ3n) is 3.75. The van der Waals surface area contributed by atoms with Crippen LogP contribution in [0.3, 0.4) is 0 Å². The highest BCUT2D eigenvalue weighted by Gasteiger charge is 2.30. The molecule has 0 saturated heterocycles. The van der Waals surface area contributed by atoms with Crippen molar-refractivity contribution in [2.75, 3.05) is 7.11 Å². The molecule has 0 fully saturated rings. The van der Waals surface area contributed by atoms with E-state index in [0.717, 1.165) is 12.1 Å². The second-order valence-electron chi connectivity index (χ2n) is 5.40. The Morgan fingerprint density at radius 2 is 1.69 bits per heavy atom. The van der Waals surface area contributed by atoms with E-state index in [9.17, 15) is 21.6 Å². The molecule has 4 nitrogen and oxygen atoms in total. The molecule has 136 valence electrons. The van der Waals surface area contributed by atoms with Crippen molar-refractivity contribution in [2.45, 2.75) is 11.1 Å². The normalized spacial score (nSPS) is 12.3. The SMILES string of the molecule is COc1cc(-c2ccc(C(F)(F)F)cc2)nc2cc(S(=O)(=O)Cl)ccc12. The number of pyridine rings is 1. The molecule has 0 spiro atoms. The lowest BCUT2D eigenvalue weighted by molar-refractivity contribution is -0.137. The summed E-state index contributed by atoms with van der Waals surface area (Å²) in [4.78, 5) is 4.20. The summed E-state index contributed by atoms with van der Waals surface area (Å²) in [6.45, 7) is 0. The Labute approximate surface area is 151 Å². The number of halogens is 4. The molecule has 0 saturated carbocycles. The van der Waals surface area contributed by atoms with Gasteiger partial charge in [-0.2, -0.15) is 13.2 Å². The second kappa shape index (κ2) is 6.44. The molecular weight excluding hydrogens is 391 g/mol. The standard InChI is InChI=1S/C17H11ClF3NO3S/c1-25-16-9-14(10-2-4-11(5-3-10)17(19,20)21)22-15-8-12(26(18,23)24)6-7-13(15)16/h2-9H,1H3. The molecule has 0 bridgehead atoms. The van der Waals surface area contributed by atoms with Gasteiger partial charge in [0.25, 0.3) is 9.05 Å². The summed E-state index contributed by atoms with van der Waals surface area (Å²) in [5.41, 5.74) is 0.287. The highest BCUT2D eigenvalue weighted by atomic mass is 35.7. The van der Waals surface area contributed by atoms with Crippen LogP contribution in [-0.2, 0) is 15.2 Å². The van der Waals surface area contributed by atoms with Crippen LogP contribution in [0.25, 0.3) is 22.2 Å². The van der Waals surface area contributed by atoms with Crippen LogP contribution in [0, 0.1) is 0 Å². The monoisotopic (exact) mass is 401 g/mol. The molecule has 1 aromatic heterocycles. The molecule has 0 unspecified atom stereocenters. The van der Waals surface area contributed by atoms with Crippen molar-refractivity contribution in [3.8, 4) is 17.0 Å². The van der Waals surface area contributed by atoms with Crippen molar-refractivity contribution in [1.29, 1.82) is 0 Å². The number of hydrogen-bond acceptors (Lipinski definition) is 4. The molecule has 0 atom stereocenters. The van der Waals surface area contributed by atoms with Gasteiger partial charge in [-0.25, -0.2) is 13.4 Å². The lowest BCUT2D eigenvalue weighted by Crippen LogP contribution is -2.04. The molecule has 26 heavy (non-hydrogen) atoms. The van der Waals surface area contributed by atoms with Gasteiger partial charge >= 0.3 is 6.18 Å². The molecule has 0 radical (unpaired) electrons. The van der Waals surface area contributed by atoms with E-state index < -0.39 is 20.8 Å². The van der Waals surface area contributed by atoms with Crippen molar-refractivity contribution in [3.05, 3.63) is 54.1 Å². The third-order valence-corrected chi connectivity index (χ3v) is 5.10. The third kappa shape index (κ3) is 3.61. The lowest BCUT2D eigenvalue weighted by Gasteiger charge is -2.11. The predicted octanol–water partition coefficient (Wildman–Crippen LogP) is 4.86. The molecule has 0 N–H and O–H groups in total. The van der Waals surface area contributed by atoms with Gasteiger partial charge in [0.1, 0.15) is 5.75 Å². The van der Waals surface area contributed by atoms with Crippen LogP contribution in [0.1, 0.15) is 5.56 Å². The average molecular weight is 402 g/mol. The summed E-state index contributed by atoms with van der Waals surface area (Å²) in [5.74, 6) is 0.406. The van der Waals surface area contributed by atoms with Gasteiger partial charge in [0.15, 0.2) is 0 Å². The number of benzene rings is 2. The number of hydrogen-bond donors (Lipinski definition) is 0. The fraction of sp³-hybridized carbons (Fsp3) is 0.118. The zero-order valence-corrected chi connectivity index (χ0v) is 14.8. The Morgan fingerprint density at radius 3 is 2.23 bits per heavy atom. The lowest BCUT2D eigenvalue weighted by atomic mass is 10.1. The maximum Gasteiger partial charge on any atom is 0.416 e. The van der Waals surface area contributed by atoms with Gasteiger partial charge in [0.05, 0.1) is 28.8 Å². The van der Waals surface area contributed by atoms with Gasteiger partial charge in [-0.3, -0.25) is 0 Å². The molecule has 2 aromatic carbocycles. The smallest absolute Gasteiger partial charge is 0.416 e. The minimum absolute atomic E-state index is 0.134. The Morgan fingerprint density at radius 1 is 1.04 bits per heavy atom. The number of rotatable bonds is 3. The van der Waals surface area contributed by atoms with Crippen molar-refractivity contribution in [1.82, 2.24) is 4.98 Å². The summed E-state index contributed by atoms with van der Waals surface area (Å²) < 4.78 is 66.4. The van der Waals surface area contributed by atoms with Crippen LogP contribution in [0.15, 0.2) is 53.4 Å². The molecule has 3 rings (SSSR count). The van der Waals surface area contributed by atoms with Crippen LogP contribution >= 0.6 is 10.7 Å². The second-order valence-corrected chi connectivity index (χ2v) is 7.97. The van der Waals surface area contributed by atoms with E-state index in [0.29, 0.717) is 27.9 Å². The van der Waals surface area contributed by atoms with E-state index in [2.05, 4.69) is 4.98 Å². The number of methoxy groups -OCH3 is 1. The average Bonchev–Trinajstić information content (AvgIpc) is 2.58. The number of fused-ring (bicyclic) bond motifs is 1.